The zero-order valence-corrected chi connectivity index (χ0v) is 11.7. The molecule has 0 atom stereocenters. The minimum absolute atomic E-state index is 0.0650. The van der Waals surface area contributed by atoms with Gasteiger partial charge in [0.2, 0.25) is 11.7 Å². The standard InChI is InChI=1S/C14H17N3OS/c1-19-11-5-3-10(4-6-11)12-16-13(18-17-12)14(9-15)7-2-8-14/h3-6H,2,7-9,15H2,1H3. The van der Waals surface area contributed by atoms with Crippen molar-refractivity contribution in [3.05, 3.63) is 30.2 Å². The third-order valence-electron chi connectivity index (χ3n) is 3.93. The van der Waals surface area contributed by atoms with Crippen LogP contribution in [-0.2, 0) is 5.41 Å². The van der Waals surface area contributed by atoms with Crippen LogP contribution in [0.2, 0.25) is 0 Å². The molecule has 1 heterocycles. The molecule has 1 aliphatic carbocycles. The summed E-state index contributed by atoms with van der Waals surface area (Å²) in [6.07, 6.45) is 5.35. The average molecular weight is 275 g/mol. The first-order valence-electron chi connectivity index (χ1n) is 6.46. The molecule has 1 saturated carbocycles. The van der Waals surface area contributed by atoms with Crippen LogP contribution in [0.4, 0.5) is 0 Å². The zero-order valence-electron chi connectivity index (χ0n) is 10.9. The second-order valence-corrected chi connectivity index (χ2v) is 5.87. The molecular weight excluding hydrogens is 258 g/mol. The lowest BCUT2D eigenvalue weighted by Crippen LogP contribution is -2.41. The maximum atomic E-state index is 5.86. The Balaban J connectivity index is 1.88. The Labute approximate surface area is 116 Å². The number of nitrogens with zero attached hydrogens (tertiary/aromatic N) is 2. The first-order valence-corrected chi connectivity index (χ1v) is 7.68. The van der Waals surface area contributed by atoms with Gasteiger partial charge in [-0.15, -0.1) is 11.8 Å². The van der Waals surface area contributed by atoms with Crippen LogP contribution >= 0.6 is 11.8 Å². The van der Waals surface area contributed by atoms with Gasteiger partial charge in [-0.2, -0.15) is 4.98 Å². The summed E-state index contributed by atoms with van der Waals surface area (Å²) in [5.41, 5.74) is 6.78. The summed E-state index contributed by atoms with van der Waals surface area (Å²) in [7, 11) is 0. The van der Waals surface area contributed by atoms with Crippen LogP contribution in [0.25, 0.3) is 11.4 Å². The maximum Gasteiger partial charge on any atom is 0.234 e. The SMILES string of the molecule is CSc1ccc(-c2noc(C3(CN)CCC3)n2)cc1. The Morgan fingerprint density at radius 2 is 2.05 bits per heavy atom. The largest absolute Gasteiger partial charge is 0.338 e. The molecule has 1 aromatic carbocycles. The highest BCUT2D eigenvalue weighted by molar-refractivity contribution is 7.98. The van der Waals surface area contributed by atoms with Crippen molar-refractivity contribution >= 4 is 11.8 Å². The third kappa shape index (κ3) is 2.17. The molecule has 0 amide bonds. The van der Waals surface area contributed by atoms with Crippen molar-refractivity contribution in [2.45, 2.75) is 29.6 Å². The normalized spacial score (nSPS) is 17.2. The highest BCUT2D eigenvalue weighted by Gasteiger charge is 2.42. The van der Waals surface area contributed by atoms with E-state index in [9.17, 15) is 0 Å². The molecule has 0 unspecified atom stereocenters. The first-order chi connectivity index (χ1) is 9.27. The molecule has 2 aromatic rings. The topological polar surface area (TPSA) is 64.9 Å². The molecule has 0 aliphatic heterocycles. The predicted molar refractivity (Wildman–Crippen MR) is 76.1 cm³/mol. The van der Waals surface area contributed by atoms with E-state index in [0.29, 0.717) is 18.3 Å². The Bertz CT molecular complexity index is 555. The van der Waals surface area contributed by atoms with Crippen LogP contribution in [0, 0.1) is 0 Å². The summed E-state index contributed by atoms with van der Waals surface area (Å²) in [4.78, 5) is 5.76. The molecule has 1 aliphatic rings. The quantitative estimate of drug-likeness (QED) is 0.869. The Morgan fingerprint density at radius 3 is 2.58 bits per heavy atom. The van der Waals surface area contributed by atoms with Gasteiger partial charge in [0.1, 0.15) is 0 Å². The van der Waals surface area contributed by atoms with Crippen molar-refractivity contribution in [1.82, 2.24) is 10.1 Å². The van der Waals surface area contributed by atoms with Crippen LogP contribution in [-0.4, -0.2) is 22.9 Å². The lowest BCUT2D eigenvalue weighted by molar-refractivity contribution is 0.182. The van der Waals surface area contributed by atoms with Crippen molar-refractivity contribution in [1.29, 1.82) is 0 Å². The van der Waals surface area contributed by atoms with Gasteiger partial charge in [0.15, 0.2) is 0 Å². The second-order valence-electron chi connectivity index (χ2n) is 4.99. The maximum absolute atomic E-state index is 5.86. The summed E-state index contributed by atoms with van der Waals surface area (Å²) in [5, 5.41) is 4.09. The minimum Gasteiger partial charge on any atom is -0.338 e. The highest BCUT2D eigenvalue weighted by Crippen LogP contribution is 2.42. The zero-order chi connectivity index (χ0) is 13.3. The van der Waals surface area contributed by atoms with Gasteiger partial charge >= 0.3 is 0 Å². The molecule has 0 radical (unpaired) electrons. The first kappa shape index (κ1) is 12.7. The van der Waals surface area contributed by atoms with E-state index >= 15 is 0 Å². The van der Waals surface area contributed by atoms with E-state index in [4.69, 9.17) is 10.3 Å². The van der Waals surface area contributed by atoms with Gasteiger partial charge < -0.3 is 10.3 Å². The molecule has 0 bridgehead atoms. The average Bonchev–Trinajstić information content (AvgIpc) is 2.88. The molecule has 1 aromatic heterocycles. The molecule has 2 N–H and O–H groups in total. The van der Waals surface area contributed by atoms with Gasteiger partial charge in [0, 0.05) is 17.0 Å². The van der Waals surface area contributed by atoms with Gasteiger partial charge in [-0.05, 0) is 43.4 Å². The fourth-order valence-electron chi connectivity index (χ4n) is 2.41. The molecule has 100 valence electrons. The van der Waals surface area contributed by atoms with Crippen LogP contribution < -0.4 is 5.73 Å². The monoisotopic (exact) mass is 275 g/mol. The van der Waals surface area contributed by atoms with Gasteiger partial charge in [-0.1, -0.05) is 11.6 Å². The Morgan fingerprint density at radius 1 is 1.32 bits per heavy atom. The number of hydrogen-bond donors (Lipinski definition) is 1. The molecule has 3 rings (SSSR count). The molecule has 0 spiro atoms. The van der Waals surface area contributed by atoms with Crippen molar-refractivity contribution in [3.8, 4) is 11.4 Å². The number of benzene rings is 1. The molecular formula is C14H17N3OS. The second kappa shape index (κ2) is 4.98. The number of hydrogen-bond acceptors (Lipinski definition) is 5. The molecule has 0 saturated heterocycles. The fourth-order valence-corrected chi connectivity index (χ4v) is 2.81. The summed E-state index contributed by atoms with van der Waals surface area (Å²) in [6, 6.07) is 8.18. The van der Waals surface area contributed by atoms with E-state index in [1.165, 1.54) is 11.3 Å². The van der Waals surface area contributed by atoms with Gasteiger partial charge in [-0.3, -0.25) is 0 Å². The summed E-state index contributed by atoms with van der Waals surface area (Å²) in [6.45, 7) is 0.583. The van der Waals surface area contributed by atoms with E-state index in [0.717, 1.165) is 18.4 Å². The molecule has 19 heavy (non-hydrogen) atoms. The van der Waals surface area contributed by atoms with E-state index in [2.05, 4.69) is 28.5 Å². The molecule has 1 fully saturated rings. The van der Waals surface area contributed by atoms with E-state index in [-0.39, 0.29) is 5.41 Å². The number of thioether (sulfide) groups is 1. The lowest BCUT2D eigenvalue weighted by atomic mass is 9.69. The molecule has 4 nitrogen and oxygen atoms in total. The van der Waals surface area contributed by atoms with Gasteiger partial charge in [0.25, 0.3) is 0 Å². The molecule has 5 heteroatoms. The fraction of sp³-hybridized carbons (Fsp3) is 0.429. The van der Waals surface area contributed by atoms with Crippen LogP contribution in [0.1, 0.15) is 25.2 Å². The lowest BCUT2D eigenvalue weighted by Gasteiger charge is -2.36. The number of aromatic nitrogens is 2. The summed E-state index contributed by atoms with van der Waals surface area (Å²) >= 11 is 1.72. The predicted octanol–water partition coefficient (Wildman–Crippen LogP) is 2.84. The summed E-state index contributed by atoms with van der Waals surface area (Å²) in [5.74, 6) is 1.35. The van der Waals surface area contributed by atoms with Crippen molar-refractivity contribution < 1.29 is 4.52 Å². The van der Waals surface area contributed by atoms with Crippen molar-refractivity contribution in [2.75, 3.05) is 12.8 Å². The Hall–Kier alpha value is -1.33. The van der Waals surface area contributed by atoms with Crippen LogP contribution in [0.15, 0.2) is 33.7 Å². The van der Waals surface area contributed by atoms with Gasteiger partial charge in [-0.25, -0.2) is 0 Å². The minimum atomic E-state index is -0.0650. The van der Waals surface area contributed by atoms with E-state index < -0.39 is 0 Å². The number of rotatable bonds is 4. The van der Waals surface area contributed by atoms with Gasteiger partial charge in [0.05, 0.1) is 5.41 Å². The smallest absolute Gasteiger partial charge is 0.234 e. The van der Waals surface area contributed by atoms with E-state index in [1.807, 2.05) is 12.1 Å². The highest BCUT2D eigenvalue weighted by atomic mass is 32.2. The van der Waals surface area contributed by atoms with Crippen molar-refractivity contribution in [3.63, 3.8) is 0 Å². The summed E-state index contributed by atoms with van der Waals surface area (Å²) < 4.78 is 5.43. The van der Waals surface area contributed by atoms with E-state index in [1.54, 1.807) is 11.8 Å². The van der Waals surface area contributed by atoms with Crippen LogP contribution in [0.3, 0.4) is 0 Å². The Kier molecular flexibility index (Phi) is 3.33. The van der Waals surface area contributed by atoms with Crippen molar-refractivity contribution in [2.24, 2.45) is 5.73 Å². The number of nitrogens with two attached hydrogens (primary N) is 1. The third-order valence-corrected chi connectivity index (χ3v) is 4.67. The van der Waals surface area contributed by atoms with Crippen LogP contribution in [0.5, 0.6) is 0 Å².